The monoisotopic (exact) mass is 504 g/mol. The molecule has 0 N–H and O–H groups in total. The van der Waals surface area contributed by atoms with Crippen molar-refractivity contribution in [2.24, 2.45) is 11.8 Å². The highest BCUT2D eigenvalue weighted by Crippen LogP contribution is 2.32. The van der Waals surface area contributed by atoms with Crippen molar-refractivity contribution in [1.82, 2.24) is 4.57 Å². The Balaban J connectivity index is 1.92. The van der Waals surface area contributed by atoms with Crippen LogP contribution in [0.2, 0.25) is 5.02 Å². The number of aromatic nitrogens is 1. The molecule has 4 rings (SSSR count). The third kappa shape index (κ3) is 4.73. The topological polar surface area (TPSA) is 59.4 Å². The highest BCUT2D eigenvalue weighted by atomic mass is 35.5. The fourth-order valence-electron chi connectivity index (χ4n) is 4.94. The lowest BCUT2D eigenvalue weighted by molar-refractivity contribution is 0.354. The number of halogens is 2. The van der Waals surface area contributed by atoms with E-state index in [1.807, 2.05) is 11.8 Å². The van der Waals surface area contributed by atoms with Gasteiger partial charge in [-0.25, -0.2) is 12.8 Å². The van der Waals surface area contributed by atoms with Crippen molar-refractivity contribution in [2.45, 2.75) is 56.4 Å². The minimum absolute atomic E-state index is 0.0631. The van der Waals surface area contributed by atoms with Crippen LogP contribution in [0.1, 0.15) is 40.0 Å². The molecule has 1 saturated heterocycles. The highest BCUT2D eigenvalue weighted by Gasteiger charge is 2.27. The number of anilines is 1. The number of nitrogens with zero attached hydrogens (tertiary/aromatic N) is 2. The van der Waals surface area contributed by atoms with Gasteiger partial charge in [0.15, 0.2) is 0 Å². The van der Waals surface area contributed by atoms with Gasteiger partial charge in [0.05, 0.1) is 21.5 Å². The largest absolute Gasteiger partial charge is 0.369 e. The van der Waals surface area contributed by atoms with Crippen molar-refractivity contribution in [3.05, 3.63) is 63.7 Å². The molecule has 1 aliphatic heterocycles. The van der Waals surface area contributed by atoms with E-state index in [4.69, 9.17) is 11.6 Å². The summed E-state index contributed by atoms with van der Waals surface area (Å²) in [5.41, 5.74) is 0.306. The molecule has 34 heavy (non-hydrogen) atoms. The molecule has 0 saturated carbocycles. The first kappa shape index (κ1) is 24.7. The average molecular weight is 505 g/mol. The van der Waals surface area contributed by atoms with Crippen LogP contribution in [0.25, 0.3) is 10.9 Å². The fraction of sp³-hybridized carbons (Fsp3) is 0.423. The molecule has 1 aliphatic rings. The van der Waals surface area contributed by atoms with Gasteiger partial charge in [-0.1, -0.05) is 44.9 Å². The molecule has 3 aromatic rings. The Hall–Kier alpha value is -2.38. The van der Waals surface area contributed by atoms with Crippen LogP contribution in [-0.2, 0) is 16.4 Å². The first-order valence-electron chi connectivity index (χ1n) is 11.7. The van der Waals surface area contributed by atoms with Gasteiger partial charge in [-0.3, -0.25) is 4.79 Å². The lowest BCUT2D eigenvalue weighted by Crippen LogP contribution is -2.39. The quantitative estimate of drug-likeness (QED) is 0.418. The molecule has 5 nitrogen and oxygen atoms in total. The summed E-state index contributed by atoms with van der Waals surface area (Å²) in [5.74, 6) is 0.364. The number of fused-ring (bicyclic) bond motifs is 1. The first-order valence-corrected chi connectivity index (χ1v) is 13.6. The smallest absolute Gasteiger partial charge is 0.211 e. The van der Waals surface area contributed by atoms with E-state index in [0.717, 1.165) is 32.4 Å². The normalized spacial score (nSPS) is 19.0. The summed E-state index contributed by atoms with van der Waals surface area (Å²) >= 11 is 6.00. The summed E-state index contributed by atoms with van der Waals surface area (Å²) in [7, 11) is -4.14. The molecular formula is C26H30ClFN2O3S. The van der Waals surface area contributed by atoms with E-state index in [2.05, 4.69) is 13.8 Å². The maximum atomic E-state index is 15.4. The van der Waals surface area contributed by atoms with Crippen LogP contribution in [0.4, 0.5) is 10.1 Å². The Bertz CT molecular complexity index is 1380. The van der Waals surface area contributed by atoms with Gasteiger partial charge in [0.2, 0.25) is 15.3 Å². The van der Waals surface area contributed by atoms with Crippen molar-refractivity contribution < 1.29 is 12.8 Å². The van der Waals surface area contributed by atoms with Crippen LogP contribution in [0.3, 0.4) is 0 Å². The zero-order valence-electron chi connectivity index (χ0n) is 19.7. The standard InChI is InChI=1S/C26H30ClFN2O3S/c1-4-5-9-29-16-25(34(32,33)20-8-6-7-19(27)11-20)26(31)21-12-22(28)24(13-23(21)29)30-14-17(2)10-18(3)15-30/h6-8,11-13,16-18H,4-5,9-10,14-15H2,1-3H3/t17-,18-/m1/s1. The number of benzene rings is 2. The molecule has 2 heterocycles. The number of aryl methyl sites for hydroxylation is 1. The molecule has 0 radical (unpaired) electrons. The van der Waals surface area contributed by atoms with E-state index in [-0.39, 0.29) is 20.2 Å². The van der Waals surface area contributed by atoms with E-state index in [1.165, 1.54) is 30.5 Å². The summed E-state index contributed by atoms with van der Waals surface area (Å²) in [5, 5.41) is 0.326. The van der Waals surface area contributed by atoms with Crippen LogP contribution >= 0.6 is 11.6 Å². The second-order valence-corrected chi connectivity index (χ2v) is 11.9. The van der Waals surface area contributed by atoms with Crippen LogP contribution < -0.4 is 10.3 Å². The van der Waals surface area contributed by atoms with Crippen LogP contribution in [0, 0.1) is 17.7 Å². The molecule has 2 aromatic carbocycles. The zero-order valence-corrected chi connectivity index (χ0v) is 21.3. The third-order valence-electron chi connectivity index (χ3n) is 6.47. The Morgan fingerprint density at radius 3 is 2.47 bits per heavy atom. The molecule has 0 spiro atoms. The van der Waals surface area contributed by atoms with Crippen molar-refractivity contribution >= 4 is 38.0 Å². The molecule has 0 bridgehead atoms. The number of sulfone groups is 1. The summed E-state index contributed by atoms with van der Waals surface area (Å²) in [4.78, 5) is 15.0. The van der Waals surface area contributed by atoms with Gasteiger partial charge in [-0.05, 0) is 55.0 Å². The second-order valence-electron chi connectivity index (χ2n) is 9.50. The van der Waals surface area contributed by atoms with Crippen molar-refractivity contribution in [3.8, 4) is 0 Å². The molecular weight excluding hydrogens is 475 g/mol. The molecule has 8 heteroatoms. The molecule has 0 amide bonds. The minimum Gasteiger partial charge on any atom is -0.369 e. The van der Waals surface area contributed by atoms with E-state index < -0.39 is 21.1 Å². The molecule has 0 unspecified atom stereocenters. The van der Waals surface area contributed by atoms with Crippen LogP contribution in [0.5, 0.6) is 0 Å². The van der Waals surface area contributed by atoms with E-state index >= 15 is 4.39 Å². The Morgan fingerprint density at radius 2 is 1.82 bits per heavy atom. The van der Waals surface area contributed by atoms with Gasteiger partial charge in [0.1, 0.15) is 10.7 Å². The Morgan fingerprint density at radius 1 is 1.12 bits per heavy atom. The zero-order chi connectivity index (χ0) is 24.6. The maximum Gasteiger partial charge on any atom is 0.211 e. The van der Waals surface area contributed by atoms with E-state index in [1.54, 1.807) is 16.7 Å². The van der Waals surface area contributed by atoms with Gasteiger partial charge >= 0.3 is 0 Å². The third-order valence-corrected chi connectivity index (χ3v) is 8.45. The number of hydrogen-bond acceptors (Lipinski definition) is 4. The summed E-state index contributed by atoms with van der Waals surface area (Å²) in [6, 6.07) is 8.74. The van der Waals surface area contributed by atoms with Crippen LogP contribution in [-0.4, -0.2) is 26.1 Å². The molecule has 1 aromatic heterocycles. The summed E-state index contributed by atoms with van der Waals surface area (Å²) < 4.78 is 43.9. The number of unbranched alkanes of at least 4 members (excludes halogenated alkanes) is 1. The van der Waals surface area contributed by atoms with Crippen molar-refractivity contribution in [1.29, 1.82) is 0 Å². The molecule has 2 atom stereocenters. The predicted octanol–water partition coefficient (Wildman–Crippen LogP) is 5.91. The Kier molecular flexibility index (Phi) is 7.06. The molecule has 182 valence electrons. The second kappa shape index (κ2) is 9.70. The summed E-state index contributed by atoms with van der Waals surface area (Å²) in [6.45, 7) is 8.36. The average Bonchev–Trinajstić information content (AvgIpc) is 2.77. The maximum absolute atomic E-state index is 15.4. The minimum atomic E-state index is -4.14. The van der Waals surface area contributed by atoms with Gasteiger partial charge in [-0.2, -0.15) is 0 Å². The van der Waals surface area contributed by atoms with E-state index in [0.29, 0.717) is 29.6 Å². The van der Waals surface area contributed by atoms with Gasteiger partial charge in [-0.15, -0.1) is 0 Å². The van der Waals surface area contributed by atoms with E-state index in [9.17, 15) is 13.2 Å². The molecule has 1 fully saturated rings. The van der Waals surface area contributed by atoms with Crippen LogP contribution in [0.15, 0.2) is 57.2 Å². The number of piperidine rings is 1. The predicted molar refractivity (Wildman–Crippen MR) is 135 cm³/mol. The highest BCUT2D eigenvalue weighted by molar-refractivity contribution is 7.91. The Labute approximate surface area is 205 Å². The number of hydrogen-bond donors (Lipinski definition) is 0. The first-order chi connectivity index (χ1) is 16.1. The lowest BCUT2D eigenvalue weighted by atomic mass is 9.91. The fourth-order valence-corrected chi connectivity index (χ4v) is 6.61. The lowest BCUT2D eigenvalue weighted by Gasteiger charge is -2.37. The van der Waals surface area contributed by atoms with Crippen molar-refractivity contribution in [3.63, 3.8) is 0 Å². The summed E-state index contributed by atoms with van der Waals surface area (Å²) in [6.07, 6.45) is 4.18. The van der Waals surface area contributed by atoms with Crippen molar-refractivity contribution in [2.75, 3.05) is 18.0 Å². The van der Waals surface area contributed by atoms with Gasteiger partial charge in [0.25, 0.3) is 0 Å². The SMILES string of the molecule is CCCCn1cc(S(=O)(=O)c2cccc(Cl)c2)c(=O)c2cc(F)c(N3C[C@H](C)C[C@@H](C)C3)cc21. The number of pyridine rings is 1. The van der Waals surface area contributed by atoms with Gasteiger partial charge < -0.3 is 9.47 Å². The van der Waals surface area contributed by atoms with Gasteiger partial charge in [0, 0.05) is 30.9 Å². The molecule has 0 aliphatic carbocycles. The number of rotatable bonds is 6.